The minimum atomic E-state index is -4.65. The lowest BCUT2D eigenvalue weighted by atomic mass is 10.0. The van der Waals surface area contributed by atoms with E-state index in [9.17, 15) is 32.7 Å². The van der Waals surface area contributed by atoms with Crippen LogP contribution in [0.15, 0.2) is 21.7 Å². The minimum absolute atomic E-state index is 0.122. The maximum absolute atomic E-state index is 13.0. The molecule has 2 aromatic rings. The first-order valence-corrected chi connectivity index (χ1v) is 13.0. The number of amides is 2. The number of hydrogen-bond acceptors (Lipinski definition) is 9. The number of aliphatic carboxylic acids is 1. The molecule has 0 saturated carbocycles. The van der Waals surface area contributed by atoms with Crippen molar-refractivity contribution in [1.29, 1.82) is 0 Å². The second-order valence-electron chi connectivity index (χ2n) is 7.82. The predicted octanol–water partition coefficient (Wildman–Crippen LogP) is 2.46. The highest BCUT2D eigenvalue weighted by Crippen LogP contribution is 2.42. The number of aryl methyl sites for hydroxylation is 2. The monoisotopic (exact) mass is 548 g/mol. The van der Waals surface area contributed by atoms with E-state index in [2.05, 4.69) is 20.6 Å². The molecule has 10 nitrogen and oxygen atoms in total. The van der Waals surface area contributed by atoms with Gasteiger partial charge in [0.1, 0.15) is 28.2 Å². The molecule has 1 fully saturated rings. The number of carboxylic acid groups (broad SMARTS) is 1. The van der Waals surface area contributed by atoms with Crippen molar-refractivity contribution < 1.29 is 32.7 Å². The van der Waals surface area contributed by atoms with Gasteiger partial charge in [0, 0.05) is 17.2 Å². The summed E-state index contributed by atoms with van der Waals surface area (Å²) in [6.45, 7) is 4.57. The van der Waals surface area contributed by atoms with Crippen LogP contribution < -0.4 is 5.32 Å². The number of nitrogens with one attached hydrogen (secondary N) is 1. The summed E-state index contributed by atoms with van der Waals surface area (Å²) in [5, 5.41) is 23.9. The van der Waals surface area contributed by atoms with E-state index >= 15 is 0 Å². The maximum atomic E-state index is 13.0. The van der Waals surface area contributed by atoms with E-state index in [1.807, 2.05) is 6.92 Å². The molecule has 2 aliphatic rings. The number of alkyl halides is 3. The molecule has 188 valence electrons. The minimum Gasteiger partial charge on any atom is -0.477 e. The lowest BCUT2D eigenvalue weighted by Gasteiger charge is -2.49. The number of thioether (sulfide) groups is 2. The summed E-state index contributed by atoms with van der Waals surface area (Å²) in [5.74, 6) is -1.90. The Labute approximate surface area is 209 Å². The summed E-state index contributed by atoms with van der Waals surface area (Å²) in [4.78, 5) is 38.7. The van der Waals surface area contributed by atoms with E-state index in [0.29, 0.717) is 21.4 Å². The molecular formula is C19H19F3N6O4S3. The molecule has 2 amide bonds. The third kappa shape index (κ3) is 4.91. The van der Waals surface area contributed by atoms with Crippen LogP contribution in [-0.2, 0) is 20.6 Å². The third-order valence-electron chi connectivity index (χ3n) is 5.38. The number of carbonyl (C=O) groups excluding carboxylic acids is 2. The molecule has 4 heterocycles. The van der Waals surface area contributed by atoms with Crippen molar-refractivity contribution in [2.45, 2.75) is 48.7 Å². The molecule has 3 atom stereocenters. The largest absolute Gasteiger partial charge is 0.477 e. The Balaban J connectivity index is 1.46. The molecular weight excluding hydrogens is 529 g/mol. The first kappa shape index (κ1) is 25.5. The molecule has 0 unspecified atom stereocenters. The quantitative estimate of drug-likeness (QED) is 0.396. The van der Waals surface area contributed by atoms with Crippen LogP contribution in [0.5, 0.6) is 0 Å². The molecule has 2 aliphatic heterocycles. The van der Waals surface area contributed by atoms with Crippen molar-refractivity contribution in [3.8, 4) is 0 Å². The van der Waals surface area contributed by atoms with E-state index in [1.165, 1.54) is 48.7 Å². The van der Waals surface area contributed by atoms with Crippen molar-refractivity contribution in [3.63, 3.8) is 0 Å². The summed E-state index contributed by atoms with van der Waals surface area (Å²) in [6, 6.07) is -1.27. The summed E-state index contributed by atoms with van der Waals surface area (Å²) in [7, 11) is 0. The van der Waals surface area contributed by atoms with Gasteiger partial charge in [-0.15, -0.1) is 22.0 Å². The van der Waals surface area contributed by atoms with E-state index in [0.717, 1.165) is 20.7 Å². The first-order chi connectivity index (χ1) is 16.4. The standard InChI is InChI=1S/C19H19F3N6O4S3/c1-7-4-11(19(20,21)22)26-28(7)8(2)14(29)23-12-15(30)27-13(17(31)32)10(5-33-16(12)27)6-34-18-25-24-9(3)35-18/h4,8,12,16H,5-6H2,1-3H3,(H,23,29)(H,31,32)/t8-,12-,16+/m0/s1. The van der Waals surface area contributed by atoms with E-state index < -0.39 is 47.1 Å². The van der Waals surface area contributed by atoms with Crippen molar-refractivity contribution in [2.24, 2.45) is 0 Å². The van der Waals surface area contributed by atoms with Gasteiger partial charge in [0.05, 0.1) is 0 Å². The van der Waals surface area contributed by atoms with Gasteiger partial charge in [-0.05, 0) is 32.4 Å². The number of β-lactam (4-membered cyclic amide) rings is 1. The SMILES string of the molecule is Cc1nnc(SCC2=C(C(=O)O)N3C(=O)[C@H](NC(=O)[C@H](C)n4nc(C(F)(F)F)cc4C)[C@H]3SC2)s1. The van der Waals surface area contributed by atoms with E-state index in [-0.39, 0.29) is 11.4 Å². The Hall–Kier alpha value is -2.59. The Kier molecular flexibility index (Phi) is 6.89. The molecule has 35 heavy (non-hydrogen) atoms. The predicted molar refractivity (Wildman–Crippen MR) is 122 cm³/mol. The Morgan fingerprint density at radius 2 is 2.06 bits per heavy atom. The fraction of sp³-hybridized carbons (Fsp3) is 0.474. The normalized spacial score (nSPS) is 21.0. The van der Waals surface area contributed by atoms with Crippen LogP contribution in [0.25, 0.3) is 0 Å². The Morgan fingerprint density at radius 3 is 2.63 bits per heavy atom. The highest BCUT2D eigenvalue weighted by Gasteiger charge is 2.54. The van der Waals surface area contributed by atoms with Crippen LogP contribution in [0, 0.1) is 13.8 Å². The summed E-state index contributed by atoms with van der Waals surface area (Å²) in [6.07, 6.45) is -4.65. The topological polar surface area (TPSA) is 130 Å². The Bertz CT molecular complexity index is 1230. The van der Waals surface area contributed by atoms with Gasteiger partial charge in [-0.2, -0.15) is 18.3 Å². The van der Waals surface area contributed by atoms with Crippen LogP contribution >= 0.6 is 34.9 Å². The lowest BCUT2D eigenvalue weighted by Crippen LogP contribution is -2.71. The molecule has 0 radical (unpaired) electrons. The van der Waals surface area contributed by atoms with E-state index in [4.69, 9.17) is 0 Å². The number of hydrogen-bond donors (Lipinski definition) is 2. The average molecular weight is 549 g/mol. The molecule has 2 aromatic heterocycles. The second-order valence-corrected chi connectivity index (χ2v) is 11.3. The molecule has 1 saturated heterocycles. The summed E-state index contributed by atoms with van der Waals surface area (Å²) >= 11 is 4.01. The van der Waals surface area contributed by atoms with Crippen LogP contribution in [0.3, 0.4) is 0 Å². The third-order valence-corrected chi connectivity index (χ3v) is 8.78. The van der Waals surface area contributed by atoms with Gasteiger partial charge in [0.15, 0.2) is 10.0 Å². The van der Waals surface area contributed by atoms with Crippen molar-refractivity contribution >= 4 is 52.6 Å². The molecule has 0 aromatic carbocycles. The molecule has 0 aliphatic carbocycles. The van der Waals surface area contributed by atoms with Gasteiger partial charge < -0.3 is 10.4 Å². The molecule has 16 heteroatoms. The van der Waals surface area contributed by atoms with Crippen LogP contribution in [0.4, 0.5) is 13.2 Å². The smallest absolute Gasteiger partial charge is 0.435 e. The summed E-state index contributed by atoms with van der Waals surface area (Å²) in [5.41, 5.74) is -0.551. The highest BCUT2D eigenvalue weighted by atomic mass is 32.2. The van der Waals surface area contributed by atoms with Gasteiger partial charge in [0.25, 0.3) is 5.91 Å². The molecule has 0 spiro atoms. The highest BCUT2D eigenvalue weighted by molar-refractivity contribution is 8.01. The fourth-order valence-electron chi connectivity index (χ4n) is 3.68. The Morgan fingerprint density at radius 1 is 1.34 bits per heavy atom. The molecule has 0 bridgehead atoms. The summed E-state index contributed by atoms with van der Waals surface area (Å²) < 4.78 is 40.5. The maximum Gasteiger partial charge on any atom is 0.435 e. The van der Waals surface area contributed by atoms with Gasteiger partial charge in [-0.3, -0.25) is 19.2 Å². The van der Waals surface area contributed by atoms with Gasteiger partial charge in [-0.1, -0.05) is 23.1 Å². The number of carboxylic acids is 1. The zero-order valence-electron chi connectivity index (χ0n) is 18.5. The molecule has 4 rings (SSSR count). The second kappa shape index (κ2) is 9.46. The lowest BCUT2D eigenvalue weighted by molar-refractivity contribution is -0.151. The van der Waals surface area contributed by atoms with E-state index in [1.54, 1.807) is 0 Å². The van der Waals surface area contributed by atoms with Crippen LogP contribution in [-0.4, -0.2) is 70.7 Å². The number of nitrogens with zero attached hydrogens (tertiary/aromatic N) is 5. The van der Waals surface area contributed by atoms with Gasteiger partial charge >= 0.3 is 12.1 Å². The zero-order valence-corrected chi connectivity index (χ0v) is 20.9. The van der Waals surface area contributed by atoms with Crippen LogP contribution in [0.1, 0.15) is 29.4 Å². The van der Waals surface area contributed by atoms with Crippen LogP contribution in [0.2, 0.25) is 0 Å². The zero-order chi connectivity index (χ0) is 25.7. The fourth-order valence-corrected chi connectivity index (χ4v) is 6.98. The number of fused-ring (bicyclic) bond motifs is 1. The van der Waals surface area contributed by atoms with Crippen molar-refractivity contribution in [3.05, 3.63) is 33.7 Å². The number of carbonyl (C=O) groups is 3. The number of halogens is 3. The van der Waals surface area contributed by atoms with Crippen molar-refractivity contribution in [1.82, 2.24) is 30.2 Å². The van der Waals surface area contributed by atoms with Gasteiger partial charge in [-0.25, -0.2) is 4.79 Å². The number of rotatable bonds is 7. The van der Waals surface area contributed by atoms with Crippen molar-refractivity contribution in [2.75, 3.05) is 11.5 Å². The average Bonchev–Trinajstić information content (AvgIpc) is 3.39. The first-order valence-electron chi connectivity index (χ1n) is 10.1. The van der Waals surface area contributed by atoms with Gasteiger partial charge in [0.2, 0.25) is 5.91 Å². The molecule has 2 N–H and O–H groups in total. The number of aromatic nitrogens is 4.